The summed E-state index contributed by atoms with van der Waals surface area (Å²) in [5, 5.41) is 2.81. The van der Waals surface area contributed by atoms with Crippen LogP contribution in [0.5, 0.6) is 0 Å². The molecule has 2 rings (SSSR count). The average Bonchev–Trinajstić information content (AvgIpc) is 2.70. The average molecular weight is 418 g/mol. The summed E-state index contributed by atoms with van der Waals surface area (Å²) in [4.78, 5) is 27.1. The second-order valence-corrected chi connectivity index (χ2v) is 9.09. The molecule has 0 aliphatic rings. The fraction of sp³-hybridized carbons (Fsp3) is 0.333. The molecule has 0 unspecified atom stereocenters. The molecule has 0 radical (unpaired) electrons. The number of nitrogens with zero attached hydrogens (tertiary/aromatic N) is 2. The number of anilines is 1. The van der Waals surface area contributed by atoms with Gasteiger partial charge in [0.15, 0.2) is 0 Å². The number of hydrogen-bond acceptors (Lipinski definition) is 4. The highest BCUT2D eigenvalue weighted by atomic mass is 32.2. The van der Waals surface area contributed by atoms with E-state index in [9.17, 15) is 18.0 Å². The van der Waals surface area contributed by atoms with Crippen molar-refractivity contribution in [3.63, 3.8) is 0 Å². The Labute approximate surface area is 172 Å². The van der Waals surface area contributed by atoms with Gasteiger partial charge in [-0.2, -0.15) is 0 Å². The summed E-state index contributed by atoms with van der Waals surface area (Å²) in [7, 11) is -0.676. The van der Waals surface area contributed by atoms with Crippen molar-refractivity contribution in [3.05, 3.63) is 59.7 Å². The molecule has 29 heavy (non-hydrogen) atoms. The molecule has 2 amide bonds. The Hall–Kier alpha value is -2.71. The van der Waals surface area contributed by atoms with Crippen molar-refractivity contribution in [2.45, 2.75) is 31.7 Å². The van der Waals surface area contributed by atoms with Gasteiger partial charge in [-0.3, -0.25) is 9.59 Å². The zero-order valence-electron chi connectivity index (χ0n) is 17.3. The van der Waals surface area contributed by atoms with Crippen LogP contribution in [0.1, 0.15) is 29.8 Å². The number of carbonyl (C=O) groups is 2. The Morgan fingerprint density at radius 2 is 1.55 bits per heavy atom. The first kappa shape index (κ1) is 22.6. The maximum absolute atomic E-state index is 12.9. The quantitative estimate of drug-likeness (QED) is 0.750. The third-order valence-corrected chi connectivity index (χ3v) is 6.48. The van der Waals surface area contributed by atoms with E-state index >= 15 is 0 Å². The first-order chi connectivity index (χ1) is 13.6. The summed E-state index contributed by atoms with van der Waals surface area (Å²) < 4.78 is 25.5. The van der Waals surface area contributed by atoms with Gasteiger partial charge in [0, 0.05) is 31.9 Å². The van der Waals surface area contributed by atoms with E-state index in [1.165, 1.54) is 43.3 Å². The van der Waals surface area contributed by atoms with Crippen LogP contribution < -0.4 is 5.32 Å². The van der Waals surface area contributed by atoms with Crippen molar-refractivity contribution in [1.29, 1.82) is 0 Å². The summed E-state index contributed by atoms with van der Waals surface area (Å²) in [6, 6.07) is 12.4. The third kappa shape index (κ3) is 5.21. The summed E-state index contributed by atoms with van der Waals surface area (Å²) >= 11 is 0. The first-order valence-electron chi connectivity index (χ1n) is 9.29. The van der Waals surface area contributed by atoms with Gasteiger partial charge in [-0.25, -0.2) is 12.7 Å². The molecule has 8 heteroatoms. The maximum atomic E-state index is 12.9. The van der Waals surface area contributed by atoms with Crippen LogP contribution >= 0.6 is 0 Å². The predicted molar refractivity (Wildman–Crippen MR) is 113 cm³/mol. The van der Waals surface area contributed by atoms with Gasteiger partial charge in [-0.1, -0.05) is 17.7 Å². The van der Waals surface area contributed by atoms with Crippen LogP contribution in [0.3, 0.4) is 0 Å². The molecule has 1 N–H and O–H groups in total. The highest BCUT2D eigenvalue weighted by Gasteiger charge is 2.26. The summed E-state index contributed by atoms with van der Waals surface area (Å²) in [5.74, 6) is -0.635. The van der Waals surface area contributed by atoms with Gasteiger partial charge in [-0.05, 0) is 57.2 Å². The Kier molecular flexibility index (Phi) is 7.16. The number of carbonyl (C=O) groups excluding carboxylic acids is 2. The zero-order valence-corrected chi connectivity index (χ0v) is 18.2. The van der Waals surface area contributed by atoms with Crippen LogP contribution in [0, 0.1) is 6.92 Å². The van der Waals surface area contributed by atoms with Crippen LogP contribution in [0.15, 0.2) is 53.4 Å². The summed E-state index contributed by atoms with van der Waals surface area (Å²) in [6.45, 7) is 5.74. The van der Waals surface area contributed by atoms with E-state index in [4.69, 9.17) is 0 Å². The Balaban J connectivity index is 2.16. The third-order valence-electron chi connectivity index (χ3n) is 4.65. The molecular formula is C21H27N3O4S. The lowest BCUT2D eigenvalue weighted by atomic mass is 10.1. The number of hydrogen-bond donors (Lipinski definition) is 1. The van der Waals surface area contributed by atoms with E-state index in [2.05, 4.69) is 5.32 Å². The lowest BCUT2D eigenvalue weighted by molar-refractivity contribution is -0.120. The number of sulfonamides is 1. The lowest BCUT2D eigenvalue weighted by Crippen LogP contribution is -2.45. The molecule has 2 aromatic carbocycles. The molecule has 0 saturated carbocycles. The molecule has 0 spiro atoms. The monoisotopic (exact) mass is 417 g/mol. The van der Waals surface area contributed by atoms with Crippen molar-refractivity contribution < 1.29 is 18.0 Å². The van der Waals surface area contributed by atoms with Gasteiger partial charge in [-0.15, -0.1) is 0 Å². The summed E-state index contributed by atoms with van der Waals surface area (Å²) in [5.41, 5.74) is 2.06. The number of likely N-dealkylation sites (N-methyl/N-ethyl adjacent to an activating group) is 1. The highest BCUT2D eigenvalue weighted by molar-refractivity contribution is 7.89. The van der Waals surface area contributed by atoms with E-state index < -0.39 is 16.1 Å². The molecule has 0 fully saturated rings. The number of benzene rings is 2. The minimum absolute atomic E-state index is 0.104. The van der Waals surface area contributed by atoms with Crippen molar-refractivity contribution in [3.8, 4) is 0 Å². The molecule has 0 bridgehead atoms. The van der Waals surface area contributed by atoms with E-state index in [-0.39, 0.29) is 16.7 Å². The van der Waals surface area contributed by atoms with Crippen molar-refractivity contribution in [2.75, 3.05) is 26.0 Å². The maximum Gasteiger partial charge on any atom is 0.254 e. The van der Waals surface area contributed by atoms with Crippen LogP contribution in [0.4, 0.5) is 5.69 Å². The van der Waals surface area contributed by atoms with E-state index in [1.807, 2.05) is 31.2 Å². The van der Waals surface area contributed by atoms with Gasteiger partial charge < -0.3 is 10.2 Å². The SMILES string of the molecule is CCN(C(=O)c1ccc(S(=O)(=O)N(C)C)cc1)[C@@H](C)C(=O)Nc1ccc(C)cc1. The number of rotatable bonds is 7. The zero-order chi connectivity index (χ0) is 21.8. The van der Waals surface area contributed by atoms with Crippen molar-refractivity contribution >= 4 is 27.5 Å². The summed E-state index contributed by atoms with van der Waals surface area (Å²) in [6.07, 6.45) is 0. The largest absolute Gasteiger partial charge is 0.327 e. The Morgan fingerprint density at radius 3 is 2.03 bits per heavy atom. The smallest absolute Gasteiger partial charge is 0.254 e. The number of nitrogens with one attached hydrogen (secondary N) is 1. The molecule has 0 aliphatic heterocycles. The second kappa shape index (κ2) is 9.19. The molecule has 0 aromatic heterocycles. The molecular weight excluding hydrogens is 390 g/mol. The van der Waals surface area contributed by atoms with Crippen LogP contribution in [0.25, 0.3) is 0 Å². The van der Waals surface area contributed by atoms with Gasteiger partial charge in [0.25, 0.3) is 5.91 Å². The van der Waals surface area contributed by atoms with Crippen LogP contribution in [0.2, 0.25) is 0 Å². The first-order valence-corrected chi connectivity index (χ1v) is 10.7. The Bertz CT molecular complexity index is 968. The van der Waals surface area contributed by atoms with Crippen molar-refractivity contribution in [2.24, 2.45) is 0 Å². The van der Waals surface area contributed by atoms with Gasteiger partial charge in [0.1, 0.15) is 6.04 Å². The van der Waals surface area contributed by atoms with Gasteiger partial charge in [0.05, 0.1) is 4.90 Å². The fourth-order valence-corrected chi connectivity index (χ4v) is 3.67. The van der Waals surface area contributed by atoms with Gasteiger partial charge in [0.2, 0.25) is 15.9 Å². The Morgan fingerprint density at radius 1 is 1.00 bits per heavy atom. The second-order valence-electron chi connectivity index (χ2n) is 6.93. The number of aryl methyl sites for hydroxylation is 1. The van der Waals surface area contributed by atoms with Gasteiger partial charge >= 0.3 is 0 Å². The molecule has 0 heterocycles. The molecule has 0 aliphatic carbocycles. The normalized spacial score (nSPS) is 12.5. The van der Waals surface area contributed by atoms with Crippen LogP contribution in [-0.4, -0.2) is 56.1 Å². The molecule has 1 atom stereocenters. The predicted octanol–water partition coefficient (Wildman–Crippen LogP) is 2.73. The topological polar surface area (TPSA) is 86.8 Å². The molecule has 156 valence electrons. The van der Waals surface area contributed by atoms with E-state index in [0.29, 0.717) is 17.8 Å². The fourth-order valence-electron chi connectivity index (χ4n) is 2.76. The number of amides is 2. The van der Waals surface area contributed by atoms with Crippen molar-refractivity contribution in [1.82, 2.24) is 9.21 Å². The highest BCUT2D eigenvalue weighted by Crippen LogP contribution is 2.17. The van der Waals surface area contributed by atoms with E-state index in [1.54, 1.807) is 13.8 Å². The minimum atomic E-state index is -3.57. The minimum Gasteiger partial charge on any atom is -0.327 e. The van der Waals surface area contributed by atoms with E-state index in [0.717, 1.165) is 9.87 Å². The molecule has 0 saturated heterocycles. The molecule has 2 aromatic rings. The molecule has 7 nitrogen and oxygen atoms in total. The standard InChI is InChI=1S/C21H27N3O4S/c1-6-24(16(3)20(25)22-18-11-7-15(2)8-12-18)21(26)17-9-13-19(14-10-17)29(27,28)23(4)5/h7-14,16H,6H2,1-5H3,(H,22,25)/t16-/m0/s1. The van der Waals surface area contributed by atoms with Crippen LogP contribution in [-0.2, 0) is 14.8 Å². The lowest BCUT2D eigenvalue weighted by Gasteiger charge is -2.27.